The molecule has 1 atom stereocenters. The van der Waals surface area contributed by atoms with Gasteiger partial charge in [-0.2, -0.15) is 5.10 Å². The predicted octanol–water partition coefficient (Wildman–Crippen LogP) is 2.31. The minimum Gasteiger partial charge on any atom is -0.378 e. The van der Waals surface area contributed by atoms with E-state index < -0.39 is 5.91 Å². The summed E-state index contributed by atoms with van der Waals surface area (Å²) in [6, 6.07) is 5.56. The summed E-state index contributed by atoms with van der Waals surface area (Å²) in [7, 11) is 1.91. The van der Waals surface area contributed by atoms with Gasteiger partial charge in [0.05, 0.1) is 11.7 Å². The van der Waals surface area contributed by atoms with Gasteiger partial charge < -0.3 is 11.1 Å². The van der Waals surface area contributed by atoms with Crippen molar-refractivity contribution in [2.75, 3.05) is 5.32 Å². The highest BCUT2D eigenvalue weighted by molar-refractivity contribution is 5.93. The number of amides is 1. The SMILES string of the molecule is Cc1cc(C(N)=O)ccc1NC(C)c1cn(C)nc1C. The molecule has 1 unspecified atom stereocenters. The van der Waals surface area contributed by atoms with Crippen LogP contribution in [0.3, 0.4) is 0 Å². The summed E-state index contributed by atoms with van der Waals surface area (Å²) in [6.07, 6.45) is 2.01. The normalized spacial score (nSPS) is 12.2. The van der Waals surface area contributed by atoms with Crippen LogP contribution in [0.4, 0.5) is 5.69 Å². The van der Waals surface area contributed by atoms with Gasteiger partial charge in [0.25, 0.3) is 0 Å². The summed E-state index contributed by atoms with van der Waals surface area (Å²) in [6.45, 7) is 6.04. The first-order valence-corrected chi connectivity index (χ1v) is 6.55. The van der Waals surface area contributed by atoms with Gasteiger partial charge in [0, 0.05) is 30.1 Å². The Hall–Kier alpha value is -2.30. The number of carbonyl (C=O) groups is 1. The van der Waals surface area contributed by atoms with Gasteiger partial charge >= 0.3 is 0 Å². The van der Waals surface area contributed by atoms with Crippen LogP contribution in [0.1, 0.15) is 40.1 Å². The minimum atomic E-state index is -0.407. The molecule has 5 nitrogen and oxygen atoms in total. The van der Waals surface area contributed by atoms with Crippen LogP contribution >= 0.6 is 0 Å². The van der Waals surface area contributed by atoms with E-state index in [4.69, 9.17) is 5.73 Å². The Morgan fingerprint density at radius 3 is 2.60 bits per heavy atom. The van der Waals surface area contributed by atoms with Gasteiger partial charge in [-0.05, 0) is 44.5 Å². The Bertz CT molecular complexity index is 645. The maximum absolute atomic E-state index is 11.1. The van der Waals surface area contributed by atoms with Crippen LogP contribution in [0.25, 0.3) is 0 Å². The van der Waals surface area contributed by atoms with E-state index in [1.165, 1.54) is 0 Å². The van der Waals surface area contributed by atoms with Gasteiger partial charge in [0.1, 0.15) is 0 Å². The van der Waals surface area contributed by atoms with Crippen LogP contribution in [-0.4, -0.2) is 15.7 Å². The van der Waals surface area contributed by atoms with Crippen LogP contribution in [0.15, 0.2) is 24.4 Å². The van der Waals surface area contributed by atoms with Crippen LogP contribution in [0, 0.1) is 13.8 Å². The molecule has 106 valence electrons. The van der Waals surface area contributed by atoms with Gasteiger partial charge in [-0.25, -0.2) is 0 Å². The van der Waals surface area contributed by atoms with E-state index >= 15 is 0 Å². The molecule has 0 fully saturated rings. The number of nitrogens with two attached hydrogens (primary N) is 1. The summed E-state index contributed by atoms with van der Waals surface area (Å²) in [5.41, 5.74) is 9.96. The molecule has 20 heavy (non-hydrogen) atoms. The summed E-state index contributed by atoms with van der Waals surface area (Å²) in [5, 5.41) is 7.79. The number of benzene rings is 1. The highest BCUT2D eigenvalue weighted by Gasteiger charge is 2.13. The third kappa shape index (κ3) is 2.82. The molecule has 0 bridgehead atoms. The van der Waals surface area contributed by atoms with E-state index in [9.17, 15) is 4.79 Å². The van der Waals surface area contributed by atoms with Crippen molar-refractivity contribution in [1.29, 1.82) is 0 Å². The van der Waals surface area contributed by atoms with Gasteiger partial charge in [0.15, 0.2) is 0 Å². The minimum absolute atomic E-state index is 0.141. The van der Waals surface area contributed by atoms with Gasteiger partial charge in [-0.1, -0.05) is 0 Å². The molecule has 0 radical (unpaired) electrons. The monoisotopic (exact) mass is 272 g/mol. The molecule has 0 aliphatic heterocycles. The number of rotatable bonds is 4. The number of hydrogen-bond acceptors (Lipinski definition) is 3. The first kappa shape index (κ1) is 14.1. The van der Waals surface area contributed by atoms with Crippen LogP contribution in [-0.2, 0) is 7.05 Å². The van der Waals surface area contributed by atoms with Crippen molar-refractivity contribution in [3.05, 3.63) is 46.8 Å². The van der Waals surface area contributed by atoms with Gasteiger partial charge in [-0.3, -0.25) is 9.48 Å². The third-order valence-corrected chi connectivity index (χ3v) is 3.40. The zero-order valence-electron chi connectivity index (χ0n) is 12.3. The van der Waals surface area contributed by atoms with Gasteiger partial charge in [0.2, 0.25) is 5.91 Å². The molecular weight excluding hydrogens is 252 g/mol. The van der Waals surface area contributed by atoms with Crippen LogP contribution in [0.2, 0.25) is 0 Å². The Morgan fingerprint density at radius 2 is 2.10 bits per heavy atom. The van der Waals surface area contributed by atoms with E-state index in [2.05, 4.69) is 17.3 Å². The second kappa shape index (κ2) is 5.36. The lowest BCUT2D eigenvalue weighted by Crippen LogP contribution is -2.12. The first-order valence-electron chi connectivity index (χ1n) is 6.55. The lowest BCUT2D eigenvalue weighted by Gasteiger charge is -2.17. The quantitative estimate of drug-likeness (QED) is 0.897. The topological polar surface area (TPSA) is 72.9 Å². The van der Waals surface area contributed by atoms with E-state index in [1.807, 2.05) is 37.8 Å². The third-order valence-electron chi connectivity index (χ3n) is 3.40. The van der Waals surface area contributed by atoms with Crippen LogP contribution < -0.4 is 11.1 Å². The average molecular weight is 272 g/mol. The van der Waals surface area contributed by atoms with Crippen molar-refractivity contribution in [2.24, 2.45) is 12.8 Å². The highest BCUT2D eigenvalue weighted by Crippen LogP contribution is 2.24. The molecule has 2 rings (SSSR count). The number of hydrogen-bond donors (Lipinski definition) is 2. The summed E-state index contributed by atoms with van der Waals surface area (Å²) >= 11 is 0. The van der Waals surface area contributed by atoms with E-state index in [0.29, 0.717) is 5.56 Å². The fourth-order valence-electron chi connectivity index (χ4n) is 2.33. The largest absolute Gasteiger partial charge is 0.378 e. The summed E-state index contributed by atoms with van der Waals surface area (Å²) in [4.78, 5) is 11.1. The molecule has 1 aromatic heterocycles. The number of aryl methyl sites for hydroxylation is 3. The zero-order valence-corrected chi connectivity index (χ0v) is 12.3. The standard InChI is InChI=1S/C15H20N4O/c1-9-7-12(15(16)20)5-6-14(9)17-10(2)13-8-19(4)18-11(13)3/h5-8,10,17H,1-4H3,(H2,16,20). The highest BCUT2D eigenvalue weighted by atomic mass is 16.1. The van der Waals surface area contributed by atoms with E-state index in [-0.39, 0.29) is 6.04 Å². The average Bonchev–Trinajstić information content (AvgIpc) is 2.70. The van der Waals surface area contributed by atoms with Gasteiger partial charge in [-0.15, -0.1) is 0 Å². The van der Waals surface area contributed by atoms with Crippen molar-refractivity contribution in [3.8, 4) is 0 Å². The smallest absolute Gasteiger partial charge is 0.248 e. The number of nitrogens with one attached hydrogen (secondary N) is 1. The number of nitrogens with zero attached hydrogens (tertiary/aromatic N) is 2. The number of aromatic nitrogens is 2. The van der Waals surface area contributed by atoms with Crippen molar-refractivity contribution in [3.63, 3.8) is 0 Å². The summed E-state index contributed by atoms with van der Waals surface area (Å²) < 4.78 is 1.81. The lowest BCUT2D eigenvalue weighted by molar-refractivity contribution is 0.1000. The van der Waals surface area contributed by atoms with Crippen molar-refractivity contribution in [1.82, 2.24) is 9.78 Å². The Labute approximate surface area is 118 Å². The Kier molecular flexibility index (Phi) is 3.79. The maximum Gasteiger partial charge on any atom is 0.248 e. The van der Waals surface area contributed by atoms with Crippen molar-refractivity contribution >= 4 is 11.6 Å². The molecule has 3 N–H and O–H groups in total. The number of primary amides is 1. The molecule has 2 aromatic rings. The fraction of sp³-hybridized carbons (Fsp3) is 0.333. The Balaban J connectivity index is 2.22. The molecule has 1 aromatic carbocycles. The zero-order chi connectivity index (χ0) is 14.9. The second-order valence-corrected chi connectivity index (χ2v) is 5.10. The number of carbonyl (C=O) groups excluding carboxylic acids is 1. The first-order chi connectivity index (χ1) is 9.38. The Morgan fingerprint density at radius 1 is 1.40 bits per heavy atom. The van der Waals surface area contributed by atoms with Crippen LogP contribution in [0.5, 0.6) is 0 Å². The lowest BCUT2D eigenvalue weighted by atomic mass is 10.1. The van der Waals surface area contributed by atoms with E-state index in [0.717, 1.165) is 22.5 Å². The fourth-order valence-corrected chi connectivity index (χ4v) is 2.33. The summed E-state index contributed by atoms with van der Waals surface area (Å²) in [5.74, 6) is -0.407. The molecule has 0 saturated heterocycles. The molecule has 0 aliphatic rings. The van der Waals surface area contributed by atoms with Crippen molar-refractivity contribution < 1.29 is 4.79 Å². The molecule has 0 saturated carbocycles. The molecule has 5 heteroatoms. The molecule has 1 heterocycles. The molecule has 0 aliphatic carbocycles. The second-order valence-electron chi connectivity index (χ2n) is 5.10. The van der Waals surface area contributed by atoms with Crippen molar-refractivity contribution in [2.45, 2.75) is 26.8 Å². The molecule has 0 spiro atoms. The molecule has 1 amide bonds. The number of anilines is 1. The maximum atomic E-state index is 11.1. The molecular formula is C15H20N4O. The predicted molar refractivity (Wildman–Crippen MR) is 79.7 cm³/mol. The van der Waals surface area contributed by atoms with E-state index in [1.54, 1.807) is 12.1 Å².